The number of nitrogens with one attached hydrogen (secondary N) is 2. The Balaban J connectivity index is 1.61. The molecule has 2 N–H and O–H groups in total. The Morgan fingerprint density at radius 3 is 2.77 bits per heavy atom. The monoisotopic (exact) mass is 294 g/mol. The fraction of sp³-hybridized carbons (Fsp3) is 0.176. The van der Waals surface area contributed by atoms with Crippen LogP contribution in [0.25, 0.3) is 11.0 Å². The van der Waals surface area contributed by atoms with E-state index in [0.29, 0.717) is 5.95 Å². The molecule has 5 nitrogen and oxygen atoms in total. The quantitative estimate of drug-likeness (QED) is 0.537. The third kappa shape index (κ3) is 3.44. The predicted molar refractivity (Wildman–Crippen MR) is 89.5 cm³/mol. The van der Waals surface area contributed by atoms with E-state index in [2.05, 4.69) is 27.4 Å². The lowest BCUT2D eigenvalue weighted by Gasteiger charge is -2.03. The lowest BCUT2D eigenvalue weighted by molar-refractivity contribution is 0.317. The van der Waals surface area contributed by atoms with Crippen molar-refractivity contribution in [1.82, 2.24) is 9.97 Å². The fourth-order valence-electron chi connectivity index (χ4n) is 2.04. The number of hydrazone groups is 1. The molecule has 0 amide bonds. The second kappa shape index (κ2) is 6.76. The summed E-state index contributed by atoms with van der Waals surface area (Å²) in [6.07, 6.45) is 2.75. The predicted octanol–water partition coefficient (Wildman–Crippen LogP) is 3.80. The van der Waals surface area contributed by atoms with Gasteiger partial charge in [0.05, 0.1) is 23.9 Å². The van der Waals surface area contributed by atoms with Crippen LogP contribution in [0.1, 0.15) is 18.9 Å². The maximum Gasteiger partial charge on any atom is 0.222 e. The molecule has 1 aromatic heterocycles. The summed E-state index contributed by atoms with van der Waals surface area (Å²) in [5, 5.41) is 4.19. The molecule has 0 aliphatic carbocycles. The van der Waals surface area contributed by atoms with Gasteiger partial charge in [-0.05, 0) is 48.4 Å². The number of rotatable bonds is 6. The first-order valence-electron chi connectivity index (χ1n) is 7.32. The molecule has 0 fully saturated rings. The highest BCUT2D eigenvalue weighted by atomic mass is 16.5. The van der Waals surface area contributed by atoms with Crippen molar-refractivity contribution < 1.29 is 4.74 Å². The molecule has 0 saturated heterocycles. The zero-order chi connectivity index (χ0) is 15.2. The molecular weight excluding hydrogens is 276 g/mol. The highest BCUT2D eigenvalue weighted by Crippen LogP contribution is 2.13. The van der Waals surface area contributed by atoms with Gasteiger partial charge in [-0.2, -0.15) is 5.10 Å². The van der Waals surface area contributed by atoms with E-state index in [0.717, 1.165) is 35.4 Å². The van der Waals surface area contributed by atoms with Gasteiger partial charge in [-0.1, -0.05) is 19.1 Å². The number of hydrogen-bond acceptors (Lipinski definition) is 4. The Bertz CT molecular complexity index is 729. The van der Waals surface area contributed by atoms with Gasteiger partial charge in [0.1, 0.15) is 5.75 Å². The molecule has 0 spiro atoms. The zero-order valence-corrected chi connectivity index (χ0v) is 12.4. The van der Waals surface area contributed by atoms with Gasteiger partial charge in [0.2, 0.25) is 5.95 Å². The summed E-state index contributed by atoms with van der Waals surface area (Å²) in [7, 11) is 0. The smallest absolute Gasteiger partial charge is 0.222 e. The molecule has 3 rings (SSSR count). The van der Waals surface area contributed by atoms with Crippen LogP contribution in [0.5, 0.6) is 5.75 Å². The van der Waals surface area contributed by atoms with E-state index in [1.807, 2.05) is 48.5 Å². The summed E-state index contributed by atoms with van der Waals surface area (Å²) in [5.41, 5.74) is 5.79. The van der Waals surface area contributed by atoms with Crippen LogP contribution in [0.15, 0.2) is 53.6 Å². The standard InChI is InChI=1S/C17H18N4O/c1-2-11-22-14-9-7-13(8-10-14)12-18-21-17-19-15-5-3-4-6-16(15)20-17/h3-10,12H,2,11H2,1H3,(H2,19,20,21)/b18-12-. The van der Waals surface area contributed by atoms with Crippen molar-refractivity contribution in [2.75, 3.05) is 12.0 Å². The Morgan fingerprint density at radius 1 is 1.18 bits per heavy atom. The van der Waals surface area contributed by atoms with Gasteiger partial charge in [0, 0.05) is 0 Å². The highest BCUT2D eigenvalue weighted by molar-refractivity contribution is 5.81. The van der Waals surface area contributed by atoms with Crippen molar-refractivity contribution in [3.05, 3.63) is 54.1 Å². The van der Waals surface area contributed by atoms with Gasteiger partial charge in [-0.3, -0.25) is 0 Å². The Morgan fingerprint density at radius 2 is 2.00 bits per heavy atom. The molecule has 0 radical (unpaired) electrons. The van der Waals surface area contributed by atoms with Crippen LogP contribution < -0.4 is 10.2 Å². The maximum absolute atomic E-state index is 5.54. The second-order valence-electron chi connectivity index (χ2n) is 4.89. The van der Waals surface area contributed by atoms with Gasteiger partial charge in [-0.15, -0.1) is 0 Å². The van der Waals surface area contributed by atoms with Crippen LogP contribution in [-0.4, -0.2) is 22.8 Å². The summed E-state index contributed by atoms with van der Waals surface area (Å²) >= 11 is 0. The summed E-state index contributed by atoms with van der Waals surface area (Å²) in [6, 6.07) is 15.7. The fourth-order valence-corrected chi connectivity index (χ4v) is 2.04. The first-order valence-corrected chi connectivity index (χ1v) is 7.32. The SMILES string of the molecule is CCCOc1ccc(/C=N\Nc2nc3ccccc3[nH]2)cc1. The summed E-state index contributed by atoms with van der Waals surface area (Å²) in [5.74, 6) is 1.50. The minimum Gasteiger partial charge on any atom is -0.494 e. The topological polar surface area (TPSA) is 62.3 Å². The number of para-hydroxylation sites is 2. The van der Waals surface area contributed by atoms with E-state index in [4.69, 9.17) is 4.74 Å². The van der Waals surface area contributed by atoms with Crippen LogP contribution in [-0.2, 0) is 0 Å². The molecule has 1 heterocycles. The van der Waals surface area contributed by atoms with Gasteiger partial charge < -0.3 is 9.72 Å². The molecule has 112 valence electrons. The number of nitrogens with zero attached hydrogens (tertiary/aromatic N) is 2. The molecule has 0 unspecified atom stereocenters. The Kier molecular flexibility index (Phi) is 4.34. The number of aromatic amines is 1. The average molecular weight is 294 g/mol. The third-order valence-electron chi connectivity index (χ3n) is 3.13. The lowest BCUT2D eigenvalue weighted by atomic mass is 10.2. The molecule has 22 heavy (non-hydrogen) atoms. The minimum absolute atomic E-state index is 0.625. The van der Waals surface area contributed by atoms with Crippen LogP contribution >= 0.6 is 0 Å². The van der Waals surface area contributed by atoms with Crippen molar-refractivity contribution in [3.8, 4) is 5.75 Å². The number of imidazole rings is 1. The molecule has 2 aromatic carbocycles. The number of hydrogen-bond donors (Lipinski definition) is 2. The van der Waals surface area contributed by atoms with Crippen LogP contribution in [0.3, 0.4) is 0 Å². The molecule has 0 bridgehead atoms. The molecule has 0 atom stereocenters. The van der Waals surface area contributed by atoms with Gasteiger partial charge in [-0.25, -0.2) is 10.4 Å². The summed E-state index contributed by atoms with van der Waals surface area (Å²) < 4.78 is 5.54. The first kappa shape index (κ1) is 14.1. The molecule has 3 aromatic rings. The third-order valence-corrected chi connectivity index (χ3v) is 3.13. The Hall–Kier alpha value is -2.82. The molecule has 5 heteroatoms. The van der Waals surface area contributed by atoms with Crippen molar-refractivity contribution in [2.45, 2.75) is 13.3 Å². The van der Waals surface area contributed by atoms with E-state index in [-0.39, 0.29) is 0 Å². The normalized spacial score (nSPS) is 11.1. The number of aromatic nitrogens is 2. The van der Waals surface area contributed by atoms with Gasteiger partial charge >= 0.3 is 0 Å². The number of ether oxygens (including phenoxy) is 1. The number of fused-ring (bicyclic) bond motifs is 1. The van der Waals surface area contributed by atoms with E-state index in [1.165, 1.54) is 0 Å². The van der Waals surface area contributed by atoms with Crippen molar-refractivity contribution >= 4 is 23.2 Å². The molecule has 0 aliphatic heterocycles. The van der Waals surface area contributed by atoms with Crippen LogP contribution in [0.4, 0.5) is 5.95 Å². The lowest BCUT2D eigenvalue weighted by Crippen LogP contribution is -1.95. The minimum atomic E-state index is 0.625. The number of benzene rings is 2. The van der Waals surface area contributed by atoms with Gasteiger partial charge in [0.15, 0.2) is 0 Å². The number of anilines is 1. The largest absolute Gasteiger partial charge is 0.494 e. The van der Waals surface area contributed by atoms with Crippen LogP contribution in [0, 0.1) is 0 Å². The van der Waals surface area contributed by atoms with Crippen LogP contribution in [0.2, 0.25) is 0 Å². The Labute approximate surface area is 129 Å². The molecule has 0 aliphatic rings. The summed E-state index contributed by atoms with van der Waals surface area (Å²) in [6.45, 7) is 2.83. The molecular formula is C17H18N4O. The number of H-pyrrole nitrogens is 1. The zero-order valence-electron chi connectivity index (χ0n) is 12.4. The first-order chi connectivity index (χ1) is 10.8. The average Bonchev–Trinajstić information content (AvgIpc) is 2.97. The van der Waals surface area contributed by atoms with Crippen molar-refractivity contribution in [2.24, 2.45) is 5.10 Å². The van der Waals surface area contributed by atoms with E-state index < -0.39 is 0 Å². The maximum atomic E-state index is 5.54. The van der Waals surface area contributed by atoms with E-state index in [1.54, 1.807) is 6.21 Å². The molecule has 0 saturated carbocycles. The van der Waals surface area contributed by atoms with Crippen molar-refractivity contribution in [1.29, 1.82) is 0 Å². The van der Waals surface area contributed by atoms with E-state index in [9.17, 15) is 0 Å². The van der Waals surface area contributed by atoms with Gasteiger partial charge in [0.25, 0.3) is 0 Å². The van der Waals surface area contributed by atoms with E-state index >= 15 is 0 Å². The second-order valence-corrected chi connectivity index (χ2v) is 4.89. The highest BCUT2D eigenvalue weighted by Gasteiger charge is 1.99. The summed E-state index contributed by atoms with van der Waals surface area (Å²) in [4.78, 5) is 7.55. The van der Waals surface area contributed by atoms with Crippen molar-refractivity contribution in [3.63, 3.8) is 0 Å².